The van der Waals surface area contributed by atoms with Crippen molar-refractivity contribution in [2.45, 2.75) is 39.2 Å². The summed E-state index contributed by atoms with van der Waals surface area (Å²) < 4.78 is 1.16. The van der Waals surface area contributed by atoms with Crippen LogP contribution in [0.2, 0.25) is 0 Å². The molecular formula is C13H18BrN. The molecule has 0 saturated heterocycles. The van der Waals surface area contributed by atoms with E-state index in [1.165, 1.54) is 30.5 Å². The van der Waals surface area contributed by atoms with Gasteiger partial charge in [0.15, 0.2) is 0 Å². The van der Waals surface area contributed by atoms with E-state index < -0.39 is 0 Å². The van der Waals surface area contributed by atoms with Crippen molar-refractivity contribution in [2.75, 3.05) is 5.32 Å². The number of rotatable bonds is 4. The number of anilines is 1. The van der Waals surface area contributed by atoms with Gasteiger partial charge in [-0.3, -0.25) is 0 Å². The van der Waals surface area contributed by atoms with Gasteiger partial charge in [-0.05, 0) is 49.9 Å². The van der Waals surface area contributed by atoms with Crippen molar-refractivity contribution >= 4 is 21.6 Å². The zero-order valence-corrected chi connectivity index (χ0v) is 11.0. The predicted molar refractivity (Wildman–Crippen MR) is 69.3 cm³/mol. The van der Waals surface area contributed by atoms with Crippen LogP contribution in [-0.4, -0.2) is 6.04 Å². The average Bonchev–Trinajstić information content (AvgIpc) is 2.85. The summed E-state index contributed by atoms with van der Waals surface area (Å²) in [6, 6.07) is 7.08. The van der Waals surface area contributed by atoms with Gasteiger partial charge in [-0.15, -0.1) is 0 Å². The first-order chi connectivity index (χ1) is 7.13. The van der Waals surface area contributed by atoms with Crippen LogP contribution in [0.25, 0.3) is 0 Å². The highest BCUT2D eigenvalue weighted by Crippen LogP contribution is 2.34. The zero-order valence-electron chi connectivity index (χ0n) is 9.39. The van der Waals surface area contributed by atoms with E-state index in [1.54, 1.807) is 0 Å². The molecule has 1 aliphatic rings. The first-order valence-electron chi connectivity index (χ1n) is 5.67. The van der Waals surface area contributed by atoms with E-state index in [2.05, 4.69) is 53.3 Å². The zero-order chi connectivity index (χ0) is 10.8. The third-order valence-corrected chi connectivity index (χ3v) is 3.30. The number of benzene rings is 1. The van der Waals surface area contributed by atoms with Crippen molar-refractivity contribution in [1.29, 1.82) is 0 Å². The molecule has 0 radical (unpaired) electrons. The Hall–Kier alpha value is -0.500. The molecule has 1 fully saturated rings. The van der Waals surface area contributed by atoms with E-state index in [1.807, 2.05) is 0 Å². The van der Waals surface area contributed by atoms with Gasteiger partial charge in [0.25, 0.3) is 0 Å². The molecule has 1 aliphatic carbocycles. The van der Waals surface area contributed by atoms with Crippen LogP contribution in [0.1, 0.15) is 31.7 Å². The molecule has 0 amide bonds. The number of hydrogen-bond donors (Lipinski definition) is 1. The Morgan fingerprint density at radius 3 is 2.73 bits per heavy atom. The Morgan fingerprint density at radius 2 is 2.13 bits per heavy atom. The summed E-state index contributed by atoms with van der Waals surface area (Å²) >= 11 is 3.53. The molecule has 15 heavy (non-hydrogen) atoms. The fourth-order valence-corrected chi connectivity index (χ4v) is 2.62. The van der Waals surface area contributed by atoms with Crippen molar-refractivity contribution in [3.8, 4) is 0 Å². The van der Waals surface area contributed by atoms with Crippen molar-refractivity contribution in [3.05, 3.63) is 28.2 Å². The maximum absolute atomic E-state index is 3.56. The van der Waals surface area contributed by atoms with Crippen molar-refractivity contribution in [3.63, 3.8) is 0 Å². The topological polar surface area (TPSA) is 12.0 Å². The van der Waals surface area contributed by atoms with Crippen molar-refractivity contribution in [2.24, 2.45) is 5.92 Å². The minimum atomic E-state index is 0.589. The Labute approximate surface area is 100 Å². The fourth-order valence-electron chi connectivity index (χ4n) is 2.02. The SMILES string of the molecule is Cc1cc(Br)cc(NC(C)CC2CC2)c1. The second-order valence-electron chi connectivity index (χ2n) is 4.74. The lowest BCUT2D eigenvalue weighted by Crippen LogP contribution is -2.15. The number of nitrogens with one attached hydrogen (secondary N) is 1. The highest BCUT2D eigenvalue weighted by atomic mass is 79.9. The number of hydrogen-bond acceptors (Lipinski definition) is 1. The predicted octanol–water partition coefficient (Wildman–Crippen LogP) is 4.36. The first kappa shape index (κ1) is 11.0. The molecule has 1 saturated carbocycles. The van der Waals surface area contributed by atoms with Gasteiger partial charge in [-0.1, -0.05) is 28.8 Å². The largest absolute Gasteiger partial charge is 0.383 e. The number of aryl methyl sites for hydroxylation is 1. The lowest BCUT2D eigenvalue weighted by Gasteiger charge is -2.15. The fraction of sp³-hybridized carbons (Fsp3) is 0.538. The maximum atomic E-state index is 3.56. The first-order valence-corrected chi connectivity index (χ1v) is 6.46. The summed E-state index contributed by atoms with van der Waals surface area (Å²) in [5, 5.41) is 3.56. The summed E-state index contributed by atoms with van der Waals surface area (Å²) in [4.78, 5) is 0. The van der Waals surface area contributed by atoms with Crippen molar-refractivity contribution in [1.82, 2.24) is 0 Å². The summed E-state index contributed by atoms with van der Waals surface area (Å²) in [6.45, 7) is 4.40. The molecule has 1 aromatic rings. The molecular weight excluding hydrogens is 250 g/mol. The molecule has 2 heteroatoms. The molecule has 0 spiro atoms. The highest BCUT2D eigenvalue weighted by Gasteiger charge is 2.23. The van der Waals surface area contributed by atoms with Gasteiger partial charge in [0.2, 0.25) is 0 Å². The van der Waals surface area contributed by atoms with E-state index in [0.29, 0.717) is 6.04 Å². The molecule has 1 N–H and O–H groups in total. The summed E-state index contributed by atoms with van der Waals surface area (Å²) in [6.07, 6.45) is 4.18. The molecule has 1 aromatic carbocycles. The third-order valence-electron chi connectivity index (χ3n) is 2.84. The molecule has 0 heterocycles. The Kier molecular flexibility index (Phi) is 3.35. The molecule has 82 valence electrons. The molecule has 0 aromatic heterocycles. The van der Waals surface area contributed by atoms with Gasteiger partial charge >= 0.3 is 0 Å². The van der Waals surface area contributed by atoms with Crippen LogP contribution in [-0.2, 0) is 0 Å². The lowest BCUT2D eigenvalue weighted by molar-refractivity contribution is 0.642. The Balaban J connectivity index is 1.96. The lowest BCUT2D eigenvalue weighted by atomic mass is 10.1. The third kappa shape index (κ3) is 3.53. The van der Waals surface area contributed by atoms with Crippen molar-refractivity contribution < 1.29 is 0 Å². The average molecular weight is 268 g/mol. The van der Waals surface area contributed by atoms with Crippen LogP contribution < -0.4 is 5.32 Å². The second-order valence-corrected chi connectivity index (χ2v) is 5.66. The van der Waals surface area contributed by atoms with Gasteiger partial charge in [0.05, 0.1) is 0 Å². The van der Waals surface area contributed by atoms with Crippen LogP contribution in [0.3, 0.4) is 0 Å². The molecule has 2 rings (SSSR count). The maximum Gasteiger partial charge on any atom is 0.0356 e. The molecule has 0 aliphatic heterocycles. The van der Waals surface area contributed by atoms with Crippen LogP contribution in [0.4, 0.5) is 5.69 Å². The standard InChI is InChI=1S/C13H18BrN/c1-9-5-12(14)8-13(6-9)15-10(2)7-11-3-4-11/h5-6,8,10-11,15H,3-4,7H2,1-2H3. The normalized spacial score (nSPS) is 17.5. The molecule has 1 nitrogen and oxygen atoms in total. The minimum Gasteiger partial charge on any atom is -0.383 e. The van der Waals surface area contributed by atoms with Gasteiger partial charge in [0.1, 0.15) is 0 Å². The van der Waals surface area contributed by atoms with Crippen LogP contribution >= 0.6 is 15.9 Å². The van der Waals surface area contributed by atoms with E-state index in [0.717, 1.165) is 10.4 Å². The van der Waals surface area contributed by atoms with E-state index in [9.17, 15) is 0 Å². The summed E-state index contributed by atoms with van der Waals surface area (Å²) in [7, 11) is 0. The summed E-state index contributed by atoms with van der Waals surface area (Å²) in [5.74, 6) is 0.987. The molecule has 0 bridgehead atoms. The van der Waals surface area contributed by atoms with Gasteiger partial charge in [-0.25, -0.2) is 0 Å². The quantitative estimate of drug-likeness (QED) is 0.855. The molecule has 1 atom stereocenters. The number of halogens is 1. The van der Waals surface area contributed by atoms with Gasteiger partial charge in [-0.2, -0.15) is 0 Å². The van der Waals surface area contributed by atoms with E-state index >= 15 is 0 Å². The Bertz CT molecular complexity index is 324. The van der Waals surface area contributed by atoms with Crippen LogP contribution in [0, 0.1) is 12.8 Å². The Morgan fingerprint density at radius 1 is 1.40 bits per heavy atom. The van der Waals surface area contributed by atoms with Gasteiger partial charge < -0.3 is 5.32 Å². The monoisotopic (exact) mass is 267 g/mol. The minimum absolute atomic E-state index is 0.589. The van der Waals surface area contributed by atoms with Crippen LogP contribution in [0.15, 0.2) is 22.7 Å². The smallest absolute Gasteiger partial charge is 0.0356 e. The van der Waals surface area contributed by atoms with Crippen LogP contribution in [0.5, 0.6) is 0 Å². The van der Waals surface area contributed by atoms with E-state index in [-0.39, 0.29) is 0 Å². The molecule has 1 unspecified atom stereocenters. The highest BCUT2D eigenvalue weighted by molar-refractivity contribution is 9.10. The summed E-state index contributed by atoms with van der Waals surface area (Å²) in [5.41, 5.74) is 2.53. The second kappa shape index (κ2) is 4.56. The van der Waals surface area contributed by atoms with E-state index in [4.69, 9.17) is 0 Å². The van der Waals surface area contributed by atoms with Gasteiger partial charge in [0, 0.05) is 16.2 Å².